The first-order valence-electron chi connectivity index (χ1n) is 7.83. The fourth-order valence-corrected chi connectivity index (χ4v) is 2.82. The molecule has 1 N–H and O–H groups in total. The molecular weight excluding hydrogens is 236 g/mol. The van der Waals surface area contributed by atoms with Gasteiger partial charge in [0.2, 0.25) is 0 Å². The summed E-state index contributed by atoms with van der Waals surface area (Å²) in [5.41, 5.74) is -0.291. The van der Waals surface area contributed by atoms with Crippen molar-refractivity contribution in [1.29, 1.82) is 5.26 Å². The third-order valence-electron chi connectivity index (χ3n) is 4.50. The summed E-state index contributed by atoms with van der Waals surface area (Å²) in [5.74, 6) is 1.01. The number of rotatable bonds is 8. The van der Waals surface area contributed by atoms with Crippen molar-refractivity contribution in [2.45, 2.75) is 71.4 Å². The molecular formula is C16H30N2O. The summed E-state index contributed by atoms with van der Waals surface area (Å²) in [7, 11) is 0. The second-order valence-corrected chi connectivity index (χ2v) is 6.21. The molecule has 0 aliphatic heterocycles. The van der Waals surface area contributed by atoms with Crippen LogP contribution in [0.4, 0.5) is 0 Å². The van der Waals surface area contributed by atoms with Gasteiger partial charge in [-0.3, -0.25) is 5.32 Å². The van der Waals surface area contributed by atoms with Gasteiger partial charge in [0, 0.05) is 6.61 Å². The minimum Gasteiger partial charge on any atom is -0.378 e. The van der Waals surface area contributed by atoms with Crippen LogP contribution < -0.4 is 5.32 Å². The van der Waals surface area contributed by atoms with E-state index in [2.05, 4.69) is 39.1 Å². The summed E-state index contributed by atoms with van der Waals surface area (Å²) < 4.78 is 5.87. The monoisotopic (exact) mass is 266 g/mol. The van der Waals surface area contributed by atoms with Crippen LogP contribution in [0.5, 0.6) is 0 Å². The van der Waals surface area contributed by atoms with E-state index in [0.29, 0.717) is 17.9 Å². The van der Waals surface area contributed by atoms with E-state index in [4.69, 9.17) is 4.74 Å². The molecule has 3 atom stereocenters. The van der Waals surface area contributed by atoms with Crippen LogP contribution in [0.25, 0.3) is 0 Å². The molecule has 110 valence electrons. The second-order valence-electron chi connectivity index (χ2n) is 6.21. The standard InChI is InChI=1S/C16H30N2O/c1-5-10-18-16(12-17)9-6-7-15(16)8-11-19-14(4)13(2)3/h13-15,18H,5-11H2,1-4H3. The Bertz CT molecular complexity index is 298. The van der Waals surface area contributed by atoms with E-state index in [1.807, 2.05) is 0 Å². The highest BCUT2D eigenvalue weighted by atomic mass is 16.5. The van der Waals surface area contributed by atoms with Crippen LogP contribution in [0.2, 0.25) is 0 Å². The van der Waals surface area contributed by atoms with Crippen molar-refractivity contribution in [1.82, 2.24) is 5.32 Å². The second kappa shape index (κ2) is 7.87. The Morgan fingerprint density at radius 2 is 2.16 bits per heavy atom. The largest absolute Gasteiger partial charge is 0.378 e. The minimum absolute atomic E-state index is 0.291. The lowest BCUT2D eigenvalue weighted by Gasteiger charge is -2.30. The Morgan fingerprint density at radius 3 is 2.74 bits per heavy atom. The fourth-order valence-electron chi connectivity index (χ4n) is 2.82. The molecule has 1 fully saturated rings. The van der Waals surface area contributed by atoms with Crippen LogP contribution in [-0.4, -0.2) is 24.8 Å². The molecule has 1 rings (SSSR count). The third-order valence-corrected chi connectivity index (χ3v) is 4.50. The van der Waals surface area contributed by atoms with Crippen LogP contribution in [-0.2, 0) is 4.74 Å². The molecule has 19 heavy (non-hydrogen) atoms. The molecule has 3 heteroatoms. The summed E-state index contributed by atoms with van der Waals surface area (Å²) in [6, 6.07) is 2.56. The van der Waals surface area contributed by atoms with Crippen LogP contribution in [0, 0.1) is 23.2 Å². The predicted molar refractivity (Wildman–Crippen MR) is 78.8 cm³/mol. The zero-order valence-electron chi connectivity index (χ0n) is 13.0. The molecule has 1 saturated carbocycles. The summed E-state index contributed by atoms with van der Waals surface area (Å²) in [6.45, 7) is 10.4. The van der Waals surface area contributed by atoms with Gasteiger partial charge in [-0.1, -0.05) is 27.2 Å². The molecule has 0 aromatic carbocycles. The third kappa shape index (κ3) is 4.47. The quantitative estimate of drug-likeness (QED) is 0.731. The van der Waals surface area contributed by atoms with Gasteiger partial charge in [-0.15, -0.1) is 0 Å². The molecule has 0 radical (unpaired) electrons. The highest BCUT2D eigenvalue weighted by Gasteiger charge is 2.42. The molecule has 3 nitrogen and oxygen atoms in total. The summed E-state index contributed by atoms with van der Waals surface area (Å²) >= 11 is 0. The zero-order chi connectivity index (χ0) is 14.3. The SMILES string of the molecule is CCCNC1(C#N)CCCC1CCOC(C)C(C)C. The van der Waals surface area contributed by atoms with Gasteiger partial charge in [0.25, 0.3) is 0 Å². The molecule has 1 aliphatic carbocycles. The highest BCUT2D eigenvalue weighted by Crippen LogP contribution is 2.37. The maximum Gasteiger partial charge on any atom is 0.109 e. The number of nitriles is 1. The van der Waals surface area contributed by atoms with Crippen molar-refractivity contribution < 1.29 is 4.74 Å². The van der Waals surface area contributed by atoms with Gasteiger partial charge < -0.3 is 4.74 Å². The maximum absolute atomic E-state index is 9.56. The summed E-state index contributed by atoms with van der Waals surface area (Å²) in [4.78, 5) is 0. The van der Waals surface area contributed by atoms with Crippen molar-refractivity contribution >= 4 is 0 Å². The van der Waals surface area contributed by atoms with Crippen LogP contribution in [0.1, 0.15) is 59.8 Å². The number of hydrogen-bond donors (Lipinski definition) is 1. The van der Waals surface area contributed by atoms with Crippen molar-refractivity contribution in [3.63, 3.8) is 0 Å². The Morgan fingerprint density at radius 1 is 1.42 bits per heavy atom. The lowest BCUT2D eigenvalue weighted by Crippen LogP contribution is -2.47. The number of nitrogens with zero attached hydrogens (tertiary/aromatic N) is 1. The average molecular weight is 266 g/mol. The van der Waals surface area contributed by atoms with E-state index in [1.165, 1.54) is 0 Å². The number of nitrogens with one attached hydrogen (secondary N) is 1. The summed E-state index contributed by atoms with van der Waals surface area (Å²) in [6.07, 6.45) is 5.70. The Balaban J connectivity index is 2.45. The first-order valence-corrected chi connectivity index (χ1v) is 7.83. The Labute approximate surface area is 118 Å². The number of hydrogen-bond acceptors (Lipinski definition) is 3. The number of ether oxygens (including phenoxy) is 1. The van der Waals surface area contributed by atoms with Gasteiger partial charge in [0.1, 0.15) is 5.54 Å². The fraction of sp³-hybridized carbons (Fsp3) is 0.938. The van der Waals surface area contributed by atoms with E-state index in [0.717, 1.165) is 45.3 Å². The van der Waals surface area contributed by atoms with Gasteiger partial charge in [0.05, 0.1) is 12.2 Å². The molecule has 0 saturated heterocycles. The molecule has 0 amide bonds. The molecule has 0 bridgehead atoms. The Hall–Kier alpha value is -0.590. The van der Waals surface area contributed by atoms with Crippen LogP contribution >= 0.6 is 0 Å². The molecule has 0 aromatic rings. The van der Waals surface area contributed by atoms with Gasteiger partial charge in [0.15, 0.2) is 0 Å². The first kappa shape index (κ1) is 16.5. The molecule has 0 heterocycles. The molecule has 1 aliphatic rings. The van der Waals surface area contributed by atoms with Crippen molar-refractivity contribution in [2.24, 2.45) is 11.8 Å². The van der Waals surface area contributed by atoms with Crippen molar-refractivity contribution in [3.05, 3.63) is 0 Å². The smallest absolute Gasteiger partial charge is 0.109 e. The highest BCUT2D eigenvalue weighted by molar-refractivity contribution is 5.14. The van der Waals surface area contributed by atoms with Crippen molar-refractivity contribution in [3.8, 4) is 6.07 Å². The predicted octanol–water partition coefficient (Wildman–Crippen LogP) is 3.50. The first-order chi connectivity index (χ1) is 9.05. The molecule has 3 unspecified atom stereocenters. The summed E-state index contributed by atoms with van der Waals surface area (Å²) in [5, 5.41) is 13.0. The Kier molecular flexibility index (Phi) is 6.82. The van der Waals surface area contributed by atoms with Crippen molar-refractivity contribution in [2.75, 3.05) is 13.2 Å². The van der Waals surface area contributed by atoms with Gasteiger partial charge >= 0.3 is 0 Å². The molecule has 0 spiro atoms. The van der Waals surface area contributed by atoms with E-state index in [9.17, 15) is 5.26 Å². The van der Waals surface area contributed by atoms with Crippen LogP contribution in [0.3, 0.4) is 0 Å². The van der Waals surface area contributed by atoms with Gasteiger partial charge in [-0.25, -0.2) is 0 Å². The van der Waals surface area contributed by atoms with Gasteiger partial charge in [-0.2, -0.15) is 5.26 Å². The maximum atomic E-state index is 9.56. The topological polar surface area (TPSA) is 45.0 Å². The van der Waals surface area contributed by atoms with Gasteiger partial charge in [-0.05, 0) is 51.0 Å². The average Bonchev–Trinajstić information content (AvgIpc) is 2.79. The van der Waals surface area contributed by atoms with E-state index < -0.39 is 0 Å². The van der Waals surface area contributed by atoms with E-state index in [1.54, 1.807) is 0 Å². The molecule has 0 aromatic heterocycles. The van der Waals surface area contributed by atoms with E-state index in [-0.39, 0.29) is 5.54 Å². The lowest BCUT2D eigenvalue weighted by atomic mass is 9.86. The lowest BCUT2D eigenvalue weighted by molar-refractivity contribution is 0.0246. The van der Waals surface area contributed by atoms with E-state index >= 15 is 0 Å². The normalized spacial score (nSPS) is 28.5. The van der Waals surface area contributed by atoms with Crippen LogP contribution in [0.15, 0.2) is 0 Å². The zero-order valence-corrected chi connectivity index (χ0v) is 13.0. The minimum atomic E-state index is -0.291.